The first kappa shape index (κ1) is 17.7. The average molecular weight is 383 g/mol. The lowest BCUT2D eigenvalue weighted by Gasteiger charge is -2.12. The Hall–Kier alpha value is -2.67. The van der Waals surface area contributed by atoms with Crippen LogP contribution in [0.5, 0.6) is 5.75 Å². The van der Waals surface area contributed by atoms with Gasteiger partial charge in [-0.1, -0.05) is 12.8 Å². The molecule has 1 aliphatic carbocycles. The predicted molar refractivity (Wildman–Crippen MR) is 107 cm³/mol. The molecule has 0 bridgehead atoms. The lowest BCUT2D eigenvalue weighted by atomic mass is 10.2. The van der Waals surface area contributed by atoms with Gasteiger partial charge in [-0.15, -0.1) is 11.3 Å². The molecule has 0 unspecified atom stereocenters. The van der Waals surface area contributed by atoms with Crippen molar-refractivity contribution in [2.24, 2.45) is 0 Å². The third-order valence-corrected chi connectivity index (χ3v) is 6.35. The van der Waals surface area contributed by atoms with Gasteiger partial charge in [-0.25, -0.2) is 4.98 Å². The van der Waals surface area contributed by atoms with Gasteiger partial charge >= 0.3 is 0 Å². The third kappa shape index (κ3) is 3.23. The molecule has 0 aliphatic heterocycles. The molecule has 3 aromatic rings. The van der Waals surface area contributed by atoms with Crippen LogP contribution in [0.1, 0.15) is 47.0 Å². The number of fused-ring (bicyclic) bond motifs is 1. The molecule has 0 spiro atoms. The minimum absolute atomic E-state index is 0.0378. The molecule has 6 nitrogen and oxygen atoms in total. The van der Waals surface area contributed by atoms with Crippen molar-refractivity contribution in [2.45, 2.75) is 38.6 Å². The van der Waals surface area contributed by atoms with Gasteiger partial charge in [0.2, 0.25) is 0 Å². The smallest absolute Gasteiger partial charge is 0.266 e. The number of amides is 1. The van der Waals surface area contributed by atoms with Crippen LogP contribution in [0, 0.1) is 6.92 Å². The molecule has 1 N–H and O–H groups in total. The summed E-state index contributed by atoms with van der Waals surface area (Å²) in [6.45, 7) is 1.82. The minimum atomic E-state index is -0.229. The van der Waals surface area contributed by atoms with E-state index in [4.69, 9.17) is 4.74 Å². The Morgan fingerprint density at radius 1 is 1.26 bits per heavy atom. The maximum absolute atomic E-state index is 13.0. The van der Waals surface area contributed by atoms with Crippen molar-refractivity contribution in [3.8, 4) is 5.75 Å². The minimum Gasteiger partial charge on any atom is -0.497 e. The van der Waals surface area contributed by atoms with Crippen LogP contribution in [0.4, 0.5) is 5.69 Å². The molecule has 4 rings (SSSR count). The maximum atomic E-state index is 13.0. The average Bonchev–Trinajstić information content (AvgIpc) is 3.31. The summed E-state index contributed by atoms with van der Waals surface area (Å²) in [6, 6.07) is 7.37. The number of methoxy groups -OCH3 is 1. The molecule has 140 valence electrons. The zero-order valence-electron chi connectivity index (χ0n) is 15.3. The molecule has 27 heavy (non-hydrogen) atoms. The quantitative estimate of drug-likeness (QED) is 0.735. The molecule has 2 heterocycles. The van der Waals surface area contributed by atoms with Gasteiger partial charge in [0.25, 0.3) is 11.5 Å². The second kappa shape index (κ2) is 7.15. The number of benzene rings is 1. The predicted octanol–water partition coefficient (Wildman–Crippen LogP) is 4.14. The van der Waals surface area contributed by atoms with Crippen molar-refractivity contribution in [1.82, 2.24) is 9.55 Å². The summed E-state index contributed by atoms with van der Waals surface area (Å²) in [5, 5.41) is 3.44. The maximum Gasteiger partial charge on any atom is 0.266 e. The number of nitrogens with one attached hydrogen (secondary N) is 1. The van der Waals surface area contributed by atoms with Crippen LogP contribution in [-0.2, 0) is 0 Å². The van der Waals surface area contributed by atoms with Gasteiger partial charge in [-0.2, -0.15) is 0 Å². The summed E-state index contributed by atoms with van der Waals surface area (Å²) in [4.78, 5) is 31.3. The van der Waals surface area contributed by atoms with Gasteiger partial charge < -0.3 is 10.1 Å². The Morgan fingerprint density at radius 2 is 1.96 bits per heavy atom. The Kier molecular flexibility index (Phi) is 4.70. The molecule has 1 saturated carbocycles. The zero-order chi connectivity index (χ0) is 19.0. The highest BCUT2D eigenvalue weighted by Crippen LogP contribution is 2.31. The van der Waals surface area contributed by atoms with E-state index >= 15 is 0 Å². The first-order valence-corrected chi connectivity index (χ1v) is 9.86. The number of carbonyl (C=O) groups excluding carboxylic acids is 1. The number of hydrogen-bond acceptors (Lipinski definition) is 5. The van der Waals surface area contributed by atoms with Crippen LogP contribution >= 0.6 is 11.3 Å². The Labute approximate surface area is 160 Å². The summed E-state index contributed by atoms with van der Waals surface area (Å²) < 4.78 is 6.88. The van der Waals surface area contributed by atoms with E-state index in [9.17, 15) is 9.59 Å². The largest absolute Gasteiger partial charge is 0.497 e. The summed E-state index contributed by atoms with van der Waals surface area (Å²) in [5.41, 5.74) is 1.34. The van der Waals surface area contributed by atoms with Crippen LogP contribution in [0.2, 0.25) is 0 Å². The van der Waals surface area contributed by atoms with E-state index in [0.717, 1.165) is 31.4 Å². The Morgan fingerprint density at radius 3 is 2.63 bits per heavy atom. The van der Waals surface area contributed by atoms with E-state index in [1.54, 1.807) is 42.3 Å². The van der Waals surface area contributed by atoms with Crippen molar-refractivity contribution in [3.63, 3.8) is 0 Å². The number of nitrogens with zero attached hydrogens (tertiary/aromatic N) is 2. The van der Waals surface area contributed by atoms with Crippen molar-refractivity contribution < 1.29 is 9.53 Å². The highest BCUT2D eigenvalue weighted by molar-refractivity contribution is 7.20. The molecule has 0 atom stereocenters. The summed E-state index contributed by atoms with van der Waals surface area (Å²) in [5.74, 6) is 0.496. The molecular formula is C20H21N3O3S. The van der Waals surface area contributed by atoms with Crippen LogP contribution in [-0.4, -0.2) is 22.6 Å². The Balaban J connectivity index is 1.67. The summed E-state index contributed by atoms with van der Waals surface area (Å²) in [6.07, 6.45) is 5.96. The molecular weight excluding hydrogens is 362 g/mol. The number of aromatic nitrogens is 2. The van der Waals surface area contributed by atoms with Gasteiger partial charge in [0.05, 0.1) is 23.7 Å². The van der Waals surface area contributed by atoms with Crippen molar-refractivity contribution in [3.05, 3.63) is 51.4 Å². The number of carbonyl (C=O) groups is 1. The van der Waals surface area contributed by atoms with Gasteiger partial charge in [0, 0.05) is 11.7 Å². The fourth-order valence-electron chi connectivity index (χ4n) is 3.66. The number of hydrogen-bond donors (Lipinski definition) is 1. The first-order valence-electron chi connectivity index (χ1n) is 9.04. The van der Waals surface area contributed by atoms with Crippen molar-refractivity contribution >= 4 is 33.1 Å². The topological polar surface area (TPSA) is 73.2 Å². The second-order valence-corrected chi connectivity index (χ2v) is 7.81. The van der Waals surface area contributed by atoms with E-state index in [2.05, 4.69) is 10.3 Å². The number of ether oxygens (including phenoxy) is 1. The standard InChI is InChI=1S/C20H21N3O3S/c1-12-16-19(21-11-23(20(16)25)14-5-3-4-6-14)27-17(12)18(24)22-13-7-9-15(26-2)10-8-13/h7-11,14H,3-6H2,1-2H3,(H,22,24). The van der Waals surface area contributed by atoms with Crippen molar-refractivity contribution in [1.29, 1.82) is 0 Å². The molecule has 0 radical (unpaired) electrons. The molecule has 1 fully saturated rings. The highest BCUT2D eigenvalue weighted by atomic mass is 32.1. The lowest BCUT2D eigenvalue weighted by molar-refractivity contribution is 0.103. The highest BCUT2D eigenvalue weighted by Gasteiger charge is 2.23. The van der Waals surface area contributed by atoms with Crippen LogP contribution < -0.4 is 15.6 Å². The normalized spacial score (nSPS) is 14.6. The van der Waals surface area contributed by atoms with Crippen LogP contribution in [0.25, 0.3) is 10.2 Å². The molecule has 1 aromatic carbocycles. The Bertz CT molecular complexity index is 1050. The SMILES string of the molecule is COc1ccc(NC(=O)c2sc3ncn(C4CCCC4)c(=O)c3c2C)cc1. The van der Waals surface area contributed by atoms with Crippen LogP contribution in [0.15, 0.2) is 35.4 Å². The molecule has 1 aliphatic rings. The van der Waals surface area contributed by atoms with Gasteiger partial charge in [-0.05, 0) is 49.6 Å². The number of thiophene rings is 1. The zero-order valence-corrected chi connectivity index (χ0v) is 16.1. The molecule has 1 amide bonds. The third-order valence-electron chi connectivity index (χ3n) is 5.15. The van der Waals surface area contributed by atoms with Crippen molar-refractivity contribution in [2.75, 3.05) is 12.4 Å². The summed E-state index contributed by atoms with van der Waals surface area (Å²) >= 11 is 1.26. The fourth-order valence-corrected chi connectivity index (χ4v) is 4.69. The lowest BCUT2D eigenvalue weighted by Crippen LogP contribution is -2.23. The van der Waals surface area contributed by atoms with E-state index in [1.165, 1.54) is 11.3 Å². The van der Waals surface area contributed by atoms with E-state index in [1.807, 2.05) is 6.92 Å². The van der Waals surface area contributed by atoms with Gasteiger partial charge in [0.15, 0.2) is 0 Å². The van der Waals surface area contributed by atoms with Gasteiger partial charge in [0.1, 0.15) is 10.6 Å². The van der Waals surface area contributed by atoms with E-state index in [-0.39, 0.29) is 17.5 Å². The first-order chi connectivity index (χ1) is 13.1. The molecule has 2 aromatic heterocycles. The van der Waals surface area contributed by atoms with Crippen LogP contribution in [0.3, 0.4) is 0 Å². The second-order valence-electron chi connectivity index (χ2n) is 6.81. The van der Waals surface area contributed by atoms with Gasteiger partial charge in [-0.3, -0.25) is 14.2 Å². The van der Waals surface area contributed by atoms with E-state index < -0.39 is 0 Å². The van der Waals surface area contributed by atoms with E-state index in [0.29, 0.717) is 26.3 Å². The molecule has 7 heteroatoms. The number of rotatable bonds is 4. The number of anilines is 1. The summed E-state index contributed by atoms with van der Waals surface area (Å²) in [7, 11) is 1.60. The number of aryl methyl sites for hydroxylation is 1. The monoisotopic (exact) mass is 383 g/mol. The fraction of sp³-hybridized carbons (Fsp3) is 0.350. The molecule has 0 saturated heterocycles.